The predicted octanol–water partition coefficient (Wildman–Crippen LogP) is 2.92. The fourth-order valence-corrected chi connectivity index (χ4v) is 1.47. The van der Waals surface area contributed by atoms with Crippen molar-refractivity contribution in [1.29, 1.82) is 0 Å². The number of ether oxygens (including phenoxy) is 1. The van der Waals surface area contributed by atoms with Crippen molar-refractivity contribution >= 4 is 17.6 Å². The Kier molecular flexibility index (Phi) is 4.86. The largest absolute Gasteiger partial charge is 0.488 e. The van der Waals surface area contributed by atoms with Gasteiger partial charge in [0.15, 0.2) is 0 Å². The molecule has 1 aromatic carbocycles. The van der Waals surface area contributed by atoms with Crippen molar-refractivity contribution < 1.29 is 14.6 Å². The van der Waals surface area contributed by atoms with E-state index in [1.54, 1.807) is 18.2 Å². The fraction of sp³-hybridized carbons (Fsp3) is 0.250. The van der Waals surface area contributed by atoms with Gasteiger partial charge in [-0.2, -0.15) is 0 Å². The van der Waals surface area contributed by atoms with E-state index in [-0.39, 0.29) is 6.42 Å². The molecule has 0 radical (unpaired) electrons. The lowest BCUT2D eigenvalue weighted by atomic mass is 10.1. The van der Waals surface area contributed by atoms with E-state index in [4.69, 9.17) is 21.4 Å². The minimum absolute atomic E-state index is 0.100. The molecule has 0 aliphatic heterocycles. The molecule has 0 aliphatic rings. The molecule has 0 heterocycles. The van der Waals surface area contributed by atoms with E-state index >= 15 is 0 Å². The highest BCUT2D eigenvalue weighted by atomic mass is 35.5. The molecule has 86 valence electrons. The van der Waals surface area contributed by atoms with Gasteiger partial charge >= 0.3 is 5.97 Å². The molecule has 1 N–H and O–H groups in total. The molecular weight excluding hydrogens is 228 g/mol. The molecule has 0 aliphatic carbocycles. The van der Waals surface area contributed by atoms with Crippen LogP contribution in [-0.4, -0.2) is 17.7 Å². The Morgan fingerprint density at radius 1 is 1.56 bits per heavy atom. The summed E-state index contributed by atoms with van der Waals surface area (Å²) >= 11 is 5.97. The molecule has 0 saturated carbocycles. The highest BCUT2D eigenvalue weighted by Gasteiger charge is 2.04. The summed E-state index contributed by atoms with van der Waals surface area (Å²) in [4.78, 5) is 10.4. The first-order valence-electron chi connectivity index (χ1n) is 4.87. The maximum atomic E-state index is 10.4. The van der Waals surface area contributed by atoms with Crippen molar-refractivity contribution in [3.63, 3.8) is 0 Å². The van der Waals surface area contributed by atoms with Crippen molar-refractivity contribution in [2.45, 2.75) is 12.8 Å². The van der Waals surface area contributed by atoms with Crippen molar-refractivity contribution in [2.75, 3.05) is 6.61 Å². The summed E-state index contributed by atoms with van der Waals surface area (Å²) in [7, 11) is 0. The number of carboxylic acids is 1. The Morgan fingerprint density at radius 2 is 2.31 bits per heavy atom. The third kappa shape index (κ3) is 3.95. The minimum atomic E-state index is -0.817. The van der Waals surface area contributed by atoms with Crippen LogP contribution in [0, 0.1) is 0 Å². The molecule has 0 saturated heterocycles. The summed E-state index contributed by atoms with van der Waals surface area (Å²) in [5, 5.41) is 9.04. The van der Waals surface area contributed by atoms with Crippen LogP contribution >= 0.6 is 11.6 Å². The molecule has 16 heavy (non-hydrogen) atoms. The summed E-state index contributed by atoms with van der Waals surface area (Å²) in [6.45, 7) is 3.94. The highest BCUT2D eigenvalue weighted by Crippen LogP contribution is 2.25. The zero-order valence-corrected chi connectivity index (χ0v) is 9.54. The van der Waals surface area contributed by atoms with E-state index in [1.165, 1.54) is 0 Å². The molecule has 0 amide bonds. The van der Waals surface area contributed by atoms with Gasteiger partial charge in [-0.1, -0.05) is 30.3 Å². The van der Waals surface area contributed by atoms with Crippen molar-refractivity contribution in [3.05, 3.63) is 41.4 Å². The van der Waals surface area contributed by atoms with E-state index in [0.717, 1.165) is 5.56 Å². The van der Waals surface area contributed by atoms with Gasteiger partial charge in [0, 0.05) is 6.42 Å². The molecule has 0 aromatic heterocycles. The van der Waals surface area contributed by atoms with Gasteiger partial charge in [-0.15, -0.1) is 0 Å². The molecule has 0 bridgehead atoms. The number of carbonyl (C=O) groups is 1. The molecule has 0 unspecified atom stereocenters. The topological polar surface area (TPSA) is 46.5 Å². The van der Waals surface area contributed by atoms with E-state index in [1.807, 2.05) is 6.07 Å². The van der Waals surface area contributed by atoms with Crippen LogP contribution in [0.25, 0.3) is 0 Å². The van der Waals surface area contributed by atoms with Crippen LogP contribution in [0.4, 0.5) is 0 Å². The standard InChI is InChI=1S/C12H13ClO3/c1-2-7-16-11-5-3-9(8-10(11)13)4-6-12(14)15/h2-3,5,8H,1,4,6-7H2,(H,14,15). The molecule has 4 heteroatoms. The molecule has 1 rings (SSSR count). The number of hydrogen-bond donors (Lipinski definition) is 1. The Hall–Kier alpha value is -1.48. The van der Waals surface area contributed by atoms with Gasteiger partial charge in [0.25, 0.3) is 0 Å². The molecule has 0 fully saturated rings. The predicted molar refractivity (Wildman–Crippen MR) is 63.1 cm³/mol. The van der Waals surface area contributed by atoms with Crippen LogP contribution in [0.15, 0.2) is 30.9 Å². The summed E-state index contributed by atoms with van der Waals surface area (Å²) in [6, 6.07) is 5.28. The van der Waals surface area contributed by atoms with Crippen LogP contribution in [0.1, 0.15) is 12.0 Å². The third-order valence-corrected chi connectivity index (χ3v) is 2.28. The van der Waals surface area contributed by atoms with Crippen LogP contribution in [0.5, 0.6) is 5.75 Å². The zero-order valence-electron chi connectivity index (χ0n) is 8.78. The summed E-state index contributed by atoms with van der Waals surface area (Å²) < 4.78 is 5.30. The normalized spacial score (nSPS) is 9.81. The lowest BCUT2D eigenvalue weighted by Crippen LogP contribution is -1.98. The maximum Gasteiger partial charge on any atom is 0.303 e. The first-order chi connectivity index (χ1) is 7.63. The van der Waals surface area contributed by atoms with Gasteiger partial charge in [0.1, 0.15) is 12.4 Å². The van der Waals surface area contributed by atoms with Gasteiger partial charge in [-0.05, 0) is 24.1 Å². The Morgan fingerprint density at radius 3 is 2.88 bits per heavy atom. The highest BCUT2D eigenvalue weighted by molar-refractivity contribution is 6.32. The molecule has 0 atom stereocenters. The van der Waals surface area contributed by atoms with Gasteiger partial charge < -0.3 is 9.84 Å². The van der Waals surface area contributed by atoms with Gasteiger partial charge in [-0.3, -0.25) is 4.79 Å². The summed E-state index contributed by atoms with van der Waals surface area (Å²) in [5.74, 6) is -0.233. The van der Waals surface area contributed by atoms with E-state index < -0.39 is 5.97 Å². The van der Waals surface area contributed by atoms with E-state index in [2.05, 4.69) is 6.58 Å². The minimum Gasteiger partial charge on any atom is -0.488 e. The summed E-state index contributed by atoms with van der Waals surface area (Å²) in [6.07, 6.45) is 2.20. The Bertz CT molecular complexity index is 388. The number of rotatable bonds is 6. The van der Waals surface area contributed by atoms with Gasteiger partial charge in [0.05, 0.1) is 5.02 Å². The SMILES string of the molecule is C=CCOc1ccc(CCC(=O)O)cc1Cl. The Labute approximate surface area is 99.3 Å². The lowest BCUT2D eigenvalue weighted by Gasteiger charge is -2.07. The monoisotopic (exact) mass is 240 g/mol. The molecular formula is C12H13ClO3. The third-order valence-electron chi connectivity index (χ3n) is 1.98. The first kappa shape index (κ1) is 12.6. The smallest absolute Gasteiger partial charge is 0.303 e. The van der Waals surface area contributed by atoms with Crippen molar-refractivity contribution in [2.24, 2.45) is 0 Å². The van der Waals surface area contributed by atoms with Crippen LogP contribution < -0.4 is 4.74 Å². The molecule has 3 nitrogen and oxygen atoms in total. The van der Waals surface area contributed by atoms with Crippen LogP contribution in [0.2, 0.25) is 5.02 Å². The Balaban J connectivity index is 2.66. The fourth-order valence-electron chi connectivity index (χ4n) is 1.22. The first-order valence-corrected chi connectivity index (χ1v) is 5.25. The number of aliphatic carboxylic acids is 1. The van der Waals surface area contributed by atoms with Crippen molar-refractivity contribution in [1.82, 2.24) is 0 Å². The molecule has 1 aromatic rings. The van der Waals surface area contributed by atoms with Crippen LogP contribution in [0.3, 0.4) is 0 Å². The quantitative estimate of drug-likeness (QED) is 0.778. The van der Waals surface area contributed by atoms with Gasteiger partial charge in [0.2, 0.25) is 0 Å². The van der Waals surface area contributed by atoms with Crippen molar-refractivity contribution in [3.8, 4) is 5.75 Å². The molecule has 0 spiro atoms. The average Bonchev–Trinajstić information content (AvgIpc) is 2.25. The lowest BCUT2D eigenvalue weighted by molar-refractivity contribution is -0.136. The number of aryl methyl sites for hydroxylation is 1. The number of halogens is 1. The van der Waals surface area contributed by atoms with Crippen LogP contribution in [-0.2, 0) is 11.2 Å². The second kappa shape index (κ2) is 6.18. The zero-order chi connectivity index (χ0) is 12.0. The summed E-state index contributed by atoms with van der Waals surface area (Å²) in [5.41, 5.74) is 0.887. The van der Waals surface area contributed by atoms with E-state index in [0.29, 0.717) is 23.8 Å². The maximum absolute atomic E-state index is 10.4. The number of benzene rings is 1. The second-order valence-electron chi connectivity index (χ2n) is 3.26. The number of carboxylic acid groups (broad SMARTS) is 1. The average molecular weight is 241 g/mol. The number of hydrogen-bond acceptors (Lipinski definition) is 2. The second-order valence-corrected chi connectivity index (χ2v) is 3.67. The van der Waals surface area contributed by atoms with E-state index in [9.17, 15) is 4.79 Å². The van der Waals surface area contributed by atoms with Gasteiger partial charge in [-0.25, -0.2) is 0 Å².